The quantitative estimate of drug-likeness (QED) is 0.807. The van der Waals surface area contributed by atoms with E-state index in [1.807, 2.05) is 48.5 Å². The predicted molar refractivity (Wildman–Crippen MR) is 97.4 cm³/mol. The summed E-state index contributed by atoms with van der Waals surface area (Å²) in [6, 6.07) is 18.4. The minimum absolute atomic E-state index is 0.169. The van der Waals surface area contributed by atoms with E-state index in [1.54, 1.807) is 7.11 Å². The molecule has 1 aliphatic rings. The molecule has 5 nitrogen and oxygen atoms in total. The van der Waals surface area contributed by atoms with Crippen LogP contribution in [0.25, 0.3) is 0 Å². The van der Waals surface area contributed by atoms with Gasteiger partial charge in [0.25, 0.3) is 0 Å². The lowest BCUT2D eigenvalue weighted by molar-refractivity contribution is 0.129. The monoisotopic (exact) mass is 340 g/mol. The highest BCUT2D eigenvalue weighted by Crippen LogP contribution is 2.25. The molecule has 1 amide bonds. The summed E-state index contributed by atoms with van der Waals surface area (Å²) in [5.41, 5.74) is 3.22. The summed E-state index contributed by atoms with van der Waals surface area (Å²) in [6.45, 7) is 0.908. The van der Waals surface area contributed by atoms with Crippen LogP contribution in [0, 0.1) is 0 Å². The lowest BCUT2D eigenvalue weighted by atomic mass is 9.86. The van der Waals surface area contributed by atoms with Crippen molar-refractivity contribution >= 4 is 11.8 Å². The van der Waals surface area contributed by atoms with Gasteiger partial charge in [-0.3, -0.25) is 0 Å². The fraction of sp³-hybridized carbons (Fsp3) is 0.350. The summed E-state index contributed by atoms with van der Waals surface area (Å²) >= 11 is 0. The number of ether oxygens (including phenoxy) is 2. The molecule has 0 heterocycles. The summed E-state index contributed by atoms with van der Waals surface area (Å²) in [6.07, 6.45) is 1.44. The van der Waals surface area contributed by atoms with Crippen molar-refractivity contribution in [3.63, 3.8) is 0 Å². The van der Waals surface area contributed by atoms with Crippen LogP contribution >= 0.6 is 0 Å². The number of hydrogen-bond donors (Lipinski definition) is 2. The van der Waals surface area contributed by atoms with Crippen molar-refractivity contribution in [2.24, 2.45) is 0 Å². The molecule has 0 atom stereocenters. The SMILES string of the molecule is COCc1cccc(NC2CC(NC(=O)OCc3ccccc3)C2)c1. The van der Waals surface area contributed by atoms with Crippen molar-refractivity contribution in [3.8, 4) is 0 Å². The summed E-state index contributed by atoms with van der Waals surface area (Å²) in [4.78, 5) is 11.8. The average molecular weight is 340 g/mol. The van der Waals surface area contributed by atoms with Gasteiger partial charge in [-0.2, -0.15) is 0 Å². The number of amides is 1. The van der Waals surface area contributed by atoms with Crippen LogP contribution in [0.4, 0.5) is 10.5 Å². The molecule has 0 spiro atoms. The molecule has 2 N–H and O–H groups in total. The molecule has 0 radical (unpaired) electrons. The number of nitrogens with one attached hydrogen (secondary N) is 2. The number of alkyl carbamates (subject to hydrolysis) is 1. The topological polar surface area (TPSA) is 59.6 Å². The third kappa shape index (κ3) is 5.22. The Bertz CT molecular complexity index is 684. The van der Waals surface area contributed by atoms with E-state index in [4.69, 9.17) is 9.47 Å². The summed E-state index contributed by atoms with van der Waals surface area (Å²) in [5, 5.41) is 6.40. The van der Waals surface area contributed by atoms with Crippen LogP contribution in [-0.4, -0.2) is 25.3 Å². The molecule has 1 saturated carbocycles. The van der Waals surface area contributed by atoms with Crippen LogP contribution in [0.15, 0.2) is 54.6 Å². The maximum Gasteiger partial charge on any atom is 0.407 e. The average Bonchev–Trinajstić information content (AvgIpc) is 2.60. The molecule has 2 aromatic rings. The van der Waals surface area contributed by atoms with Crippen molar-refractivity contribution in [2.75, 3.05) is 12.4 Å². The Balaban J connectivity index is 1.36. The van der Waals surface area contributed by atoms with Gasteiger partial charge in [-0.1, -0.05) is 42.5 Å². The minimum Gasteiger partial charge on any atom is -0.445 e. The Morgan fingerprint density at radius 3 is 2.52 bits per heavy atom. The number of carbonyl (C=O) groups excluding carboxylic acids is 1. The molecule has 2 aromatic carbocycles. The van der Waals surface area contributed by atoms with Gasteiger partial charge in [-0.25, -0.2) is 4.79 Å². The van der Waals surface area contributed by atoms with Crippen molar-refractivity contribution < 1.29 is 14.3 Å². The first-order valence-corrected chi connectivity index (χ1v) is 8.54. The predicted octanol–water partition coefficient (Wildman–Crippen LogP) is 3.70. The molecule has 0 unspecified atom stereocenters. The first-order valence-electron chi connectivity index (χ1n) is 8.54. The largest absolute Gasteiger partial charge is 0.445 e. The van der Waals surface area contributed by atoms with E-state index in [0.717, 1.165) is 29.7 Å². The van der Waals surface area contributed by atoms with Gasteiger partial charge in [-0.05, 0) is 36.1 Å². The Labute approximate surface area is 148 Å². The van der Waals surface area contributed by atoms with Gasteiger partial charge in [0.2, 0.25) is 0 Å². The third-order valence-electron chi connectivity index (χ3n) is 4.28. The van der Waals surface area contributed by atoms with Gasteiger partial charge in [0.05, 0.1) is 6.61 Å². The zero-order valence-corrected chi connectivity index (χ0v) is 14.4. The lowest BCUT2D eigenvalue weighted by Gasteiger charge is -2.36. The number of rotatable bonds is 7. The van der Waals surface area contributed by atoms with E-state index < -0.39 is 0 Å². The van der Waals surface area contributed by atoms with E-state index in [9.17, 15) is 4.79 Å². The van der Waals surface area contributed by atoms with Crippen LogP contribution in [0.1, 0.15) is 24.0 Å². The van der Waals surface area contributed by atoms with Crippen molar-refractivity contribution in [1.82, 2.24) is 5.32 Å². The molecule has 25 heavy (non-hydrogen) atoms. The smallest absolute Gasteiger partial charge is 0.407 e. The van der Waals surface area contributed by atoms with Gasteiger partial charge in [-0.15, -0.1) is 0 Å². The maximum atomic E-state index is 11.8. The van der Waals surface area contributed by atoms with Gasteiger partial charge >= 0.3 is 6.09 Å². The van der Waals surface area contributed by atoms with Crippen LogP contribution in [-0.2, 0) is 22.7 Å². The van der Waals surface area contributed by atoms with E-state index >= 15 is 0 Å². The second-order valence-electron chi connectivity index (χ2n) is 6.35. The number of hydrogen-bond acceptors (Lipinski definition) is 4. The number of methoxy groups -OCH3 is 1. The first-order chi connectivity index (χ1) is 12.2. The fourth-order valence-corrected chi connectivity index (χ4v) is 2.94. The normalized spacial score (nSPS) is 18.9. The fourth-order valence-electron chi connectivity index (χ4n) is 2.94. The van der Waals surface area contributed by atoms with E-state index in [0.29, 0.717) is 19.3 Å². The first kappa shape index (κ1) is 17.3. The van der Waals surface area contributed by atoms with E-state index in [2.05, 4.69) is 16.7 Å². The molecule has 3 rings (SSSR count). The molecule has 0 saturated heterocycles. The molecular weight excluding hydrogens is 316 g/mol. The van der Waals surface area contributed by atoms with Gasteiger partial charge in [0, 0.05) is 24.9 Å². The summed E-state index contributed by atoms with van der Waals surface area (Å²) < 4.78 is 10.4. The second-order valence-corrected chi connectivity index (χ2v) is 6.35. The summed E-state index contributed by atoms with van der Waals surface area (Å²) in [7, 11) is 1.69. The minimum atomic E-state index is -0.352. The summed E-state index contributed by atoms with van der Waals surface area (Å²) in [5.74, 6) is 0. The second kappa shape index (κ2) is 8.53. The highest BCUT2D eigenvalue weighted by Gasteiger charge is 2.30. The Kier molecular flexibility index (Phi) is 5.90. The third-order valence-corrected chi connectivity index (χ3v) is 4.28. The van der Waals surface area contributed by atoms with Gasteiger partial charge < -0.3 is 20.1 Å². The standard InChI is InChI=1S/C20H24N2O3/c1-24-13-16-8-5-9-17(10-16)21-18-11-19(12-18)22-20(23)25-14-15-6-3-2-4-7-15/h2-10,18-19,21H,11-14H2,1H3,(H,22,23). The van der Waals surface area contributed by atoms with Crippen LogP contribution in [0.2, 0.25) is 0 Å². The van der Waals surface area contributed by atoms with Crippen LogP contribution in [0.3, 0.4) is 0 Å². The van der Waals surface area contributed by atoms with Gasteiger partial charge in [0.15, 0.2) is 0 Å². The number of benzene rings is 2. The molecule has 132 valence electrons. The molecule has 1 fully saturated rings. The Morgan fingerprint density at radius 1 is 1.00 bits per heavy atom. The number of carbonyl (C=O) groups is 1. The van der Waals surface area contributed by atoms with Crippen molar-refractivity contribution in [2.45, 2.75) is 38.1 Å². The highest BCUT2D eigenvalue weighted by molar-refractivity contribution is 5.67. The van der Waals surface area contributed by atoms with Crippen LogP contribution < -0.4 is 10.6 Å². The van der Waals surface area contributed by atoms with E-state index in [1.165, 1.54) is 0 Å². The van der Waals surface area contributed by atoms with Crippen LogP contribution in [0.5, 0.6) is 0 Å². The molecule has 1 aliphatic carbocycles. The molecule has 0 aromatic heterocycles. The molecular formula is C20H24N2O3. The zero-order chi connectivity index (χ0) is 17.5. The Hall–Kier alpha value is -2.53. The molecule has 5 heteroatoms. The van der Waals surface area contributed by atoms with Crippen molar-refractivity contribution in [1.29, 1.82) is 0 Å². The maximum absolute atomic E-state index is 11.8. The van der Waals surface area contributed by atoms with Crippen molar-refractivity contribution in [3.05, 3.63) is 65.7 Å². The molecule has 0 bridgehead atoms. The Morgan fingerprint density at radius 2 is 1.76 bits per heavy atom. The van der Waals surface area contributed by atoms with Gasteiger partial charge in [0.1, 0.15) is 6.61 Å². The lowest BCUT2D eigenvalue weighted by Crippen LogP contribution is -2.49. The highest BCUT2D eigenvalue weighted by atomic mass is 16.5. The zero-order valence-electron chi connectivity index (χ0n) is 14.4. The van der Waals surface area contributed by atoms with E-state index in [-0.39, 0.29) is 12.1 Å². The molecule has 0 aliphatic heterocycles. The number of anilines is 1.